The molecule has 1 fully saturated rings. The molecule has 2 unspecified atom stereocenters. The summed E-state index contributed by atoms with van der Waals surface area (Å²) in [5.41, 5.74) is 2.58. The number of hydrogen-bond donors (Lipinski definition) is 2. The van der Waals surface area contributed by atoms with Gasteiger partial charge >= 0.3 is 0 Å². The van der Waals surface area contributed by atoms with Crippen molar-refractivity contribution in [2.75, 3.05) is 0 Å². The van der Waals surface area contributed by atoms with E-state index in [1.54, 1.807) is 0 Å². The Morgan fingerprint density at radius 3 is 2.80 bits per heavy atom. The average Bonchev–Trinajstić information content (AvgIpc) is 2.95. The first-order valence-corrected chi connectivity index (χ1v) is 8.23. The summed E-state index contributed by atoms with van der Waals surface area (Å²) >= 11 is 1.81. The maximum atomic E-state index is 9.69. The van der Waals surface area contributed by atoms with Gasteiger partial charge in [0, 0.05) is 17.5 Å². The Balaban J connectivity index is 1.58. The molecule has 0 amide bonds. The van der Waals surface area contributed by atoms with Crippen molar-refractivity contribution < 1.29 is 5.11 Å². The van der Waals surface area contributed by atoms with Crippen molar-refractivity contribution in [2.45, 2.75) is 44.4 Å². The van der Waals surface area contributed by atoms with Crippen LogP contribution in [-0.2, 0) is 6.54 Å². The summed E-state index contributed by atoms with van der Waals surface area (Å²) in [5.74, 6) is 0. The summed E-state index contributed by atoms with van der Waals surface area (Å²) in [7, 11) is 0. The summed E-state index contributed by atoms with van der Waals surface area (Å²) in [4.78, 5) is 1.36. The molecule has 1 heterocycles. The van der Waals surface area contributed by atoms with Crippen molar-refractivity contribution in [3.05, 3.63) is 46.7 Å². The number of aliphatic hydroxyl groups is 1. The molecule has 0 aliphatic heterocycles. The van der Waals surface area contributed by atoms with Gasteiger partial charge in [0.2, 0.25) is 0 Å². The van der Waals surface area contributed by atoms with Gasteiger partial charge in [-0.3, -0.25) is 0 Å². The second kappa shape index (κ2) is 6.53. The Bertz CT molecular complexity index is 537. The van der Waals surface area contributed by atoms with Crippen LogP contribution in [0.25, 0.3) is 11.1 Å². The maximum Gasteiger partial charge on any atom is 0.0555 e. The minimum absolute atomic E-state index is 0.107. The first-order chi connectivity index (χ1) is 9.81. The molecule has 1 aliphatic rings. The molecule has 2 atom stereocenters. The lowest BCUT2D eigenvalue weighted by molar-refractivity contribution is 0.111. The number of hydrogen-bond acceptors (Lipinski definition) is 3. The van der Waals surface area contributed by atoms with Crippen LogP contribution in [0.4, 0.5) is 0 Å². The molecule has 2 N–H and O–H groups in total. The smallest absolute Gasteiger partial charge is 0.0555 e. The Kier molecular flexibility index (Phi) is 4.51. The zero-order valence-corrected chi connectivity index (χ0v) is 12.4. The summed E-state index contributed by atoms with van der Waals surface area (Å²) in [6, 6.07) is 13.2. The monoisotopic (exact) mass is 287 g/mol. The van der Waals surface area contributed by atoms with Crippen LogP contribution < -0.4 is 5.32 Å². The molecule has 1 aromatic carbocycles. The van der Waals surface area contributed by atoms with Crippen molar-refractivity contribution in [3.63, 3.8) is 0 Å². The normalized spacial score (nSPS) is 22.9. The maximum absolute atomic E-state index is 9.69. The van der Waals surface area contributed by atoms with Gasteiger partial charge < -0.3 is 10.4 Å². The van der Waals surface area contributed by atoms with E-state index in [0.29, 0.717) is 6.04 Å². The molecule has 1 aromatic heterocycles. The molecule has 1 saturated carbocycles. The van der Waals surface area contributed by atoms with Crippen molar-refractivity contribution in [1.29, 1.82) is 0 Å². The molecular formula is C17H21NOS. The molecule has 0 bridgehead atoms. The van der Waals surface area contributed by atoms with Gasteiger partial charge in [-0.1, -0.05) is 30.3 Å². The van der Waals surface area contributed by atoms with Crippen molar-refractivity contribution in [3.8, 4) is 11.1 Å². The van der Waals surface area contributed by atoms with Crippen molar-refractivity contribution in [2.24, 2.45) is 0 Å². The van der Waals surface area contributed by atoms with Crippen LogP contribution >= 0.6 is 11.3 Å². The predicted molar refractivity (Wildman–Crippen MR) is 84.9 cm³/mol. The third kappa shape index (κ3) is 3.48. The first kappa shape index (κ1) is 13.8. The average molecular weight is 287 g/mol. The molecule has 106 valence electrons. The molecule has 20 heavy (non-hydrogen) atoms. The molecule has 0 saturated heterocycles. The molecule has 3 rings (SSSR count). The minimum atomic E-state index is -0.107. The zero-order valence-electron chi connectivity index (χ0n) is 11.6. The Morgan fingerprint density at radius 2 is 2.00 bits per heavy atom. The lowest BCUT2D eigenvalue weighted by Gasteiger charge is -2.26. The largest absolute Gasteiger partial charge is 0.393 e. The highest BCUT2D eigenvalue weighted by Crippen LogP contribution is 2.26. The van der Waals surface area contributed by atoms with E-state index in [9.17, 15) is 5.11 Å². The van der Waals surface area contributed by atoms with E-state index in [1.165, 1.54) is 22.4 Å². The molecular weight excluding hydrogens is 266 g/mol. The quantitative estimate of drug-likeness (QED) is 0.896. The third-order valence-corrected chi connectivity index (χ3v) is 4.91. The van der Waals surface area contributed by atoms with Gasteiger partial charge in [-0.25, -0.2) is 0 Å². The van der Waals surface area contributed by atoms with Gasteiger partial charge in [0.15, 0.2) is 0 Å². The molecule has 0 spiro atoms. The lowest BCUT2D eigenvalue weighted by Crippen LogP contribution is -2.35. The van der Waals surface area contributed by atoms with E-state index in [4.69, 9.17) is 0 Å². The van der Waals surface area contributed by atoms with Crippen LogP contribution in [-0.4, -0.2) is 17.3 Å². The SMILES string of the molecule is OC1CCCC(NCc2cc(-c3ccccc3)cs2)C1. The van der Waals surface area contributed by atoms with E-state index >= 15 is 0 Å². The standard InChI is InChI=1S/C17H21NOS/c19-16-8-4-7-15(10-16)18-11-17-9-14(12-20-17)13-5-2-1-3-6-13/h1-3,5-6,9,12,15-16,18-19H,4,7-8,10-11H2. The highest BCUT2D eigenvalue weighted by molar-refractivity contribution is 7.10. The topological polar surface area (TPSA) is 32.3 Å². The number of rotatable bonds is 4. The van der Waals surface area contributed by atoms with Gasteiger partial charge in [0.05, 0.1) is 6.10 Å². The molecule has 1 aliphatic carbocycles. The fourth-order valence-corrected chi connectivity index (χ4v) is 3.69. The predicted octanol–water partition coefficient (Wildman–Crippen LogP) is 3.81. The summed E-state index contributed by atoms with van der Waals surface area (Å²) in [6.45, 7) is 0.912. The highest BCUT2D eigenvalue weighted by atomic mass is 32.1. The molecule has 2 aromatic rings. The van der Waals surface area contributed by atoms with Crippen LogP contribution in [0.15, 0.2) is 41.8 Å². The molecule has 3 heteroatoms. The van der Waals surface area contributed by atoms with Gasteiger partial charge in [0.25, 0.3) is 0 Å². The van der Waals surface area contributed by atoms with Crippen LogP contribution in [0, 0.1) is 0 Å². The van der Waals surface area contributed by atoms with E-state index in [1.807, 2.05) is 17.4 Å². The minimum Gasteiger partial charge on any atom is -0.393 e. The number of nitrogens with one attached hydrogen (secondary N) is 1. The van der Waals surface area contributed by atoms with Crippen molar-refractivity contribution >= 4 is 11.3 Å². The van der Waals surface area contributed by atoms with E-state index in [2.05, 4.69) is 41.0 Å². The van der Waals surface area contributed by atoms with Gasteiger partial charge in [0.1, 0.15) is 0 Å². The summed E-state index contributed by atoms with van der Waals surface area (Å²) in [6.07, 6.45) is 4.09. The fraction of sp³-hybridized carbons (Fsp3) is 0.412. The second-order valence-electron chi connectivity index (χ2n) is 5.57. The number of thiophene rings is 1. The van der Waals surface area contributed by atoms with Gasteiger partial charge in [-0.15, -0.1) is 11.3 Å². The lowest BCUT2D eigenvalue weighted by atomic mass is 9.93. The summed E-state index contributed by atoms with van der Waals surface area (Å²) in [5, 5.41) is 15.5. The second-order valence-corrected chi connectivity index (χ2v) is 6.56. The Labute approximate surface area is 124 Å². The van der Waals surface area contributed by atoms with Crippen LogP contribution in [0.1, 0.15) is 30.6 Å². The van der Waals surface area contributed by atoms with E-state index in [0.717, 1.165) is 25.8 Å². The molecule has 2 nitrogen and oxygen atoms in total. The number of aliphatic hydroxyl groups excluding tert-OH is 1. The highest BCUT2D eigenvalue weighted by Gasteiger charge is 2.19. The first-order valence-electron chi connectivity index (χ1n) is 7.35. The Morgan fingerprint density at radius 1 is 1.15 bits per heavy atom. The summed E-state index contributed by atoms with van der Waals surface area (Å²) < 4.78 is 0. The van der Waals surface area contributed by atoms with Crippen LogP contribution in [0.5, 0.6) is 0 Å². The van der Waals surface area contributed by atoms with Gasteiger partial charge in [-0.05, 0) is 48.3 Å². The van der Waals surface area contributed by atoms with Crippen LogP contribution in [0.2, 0.25) is 0 Å². The van der Waals surface area contributed by atoms with E-state index in [-0.39, 0.29) is 6.10 Å². The van der Waals surface area contributed by atoms with E-state index < -0.39 is 0 Å². The van der Waals surface area contributed by atoms with Crippen molar-refractivity contribution in [1.82, 2.24) is 5.32 Å². The third-order valence-electron chi connectivity index (χ3n) is 3.97. The van der Waals surface area contributed by atoms with Gasteiger partial charge in [-0.2, -0.15) is 0 Å². The fourth-order valence-electron chi connectivity index (χ4n) is 2.85. The number of benzene rings is 1. The Hall–Kier alpha value is -1.16. The molecule has 0 radical (unpaired) electrons. The van der Waals surface area contributed by atoms with Crippen LogP contribution in [0.3, 0.4) is 0 Å². The zero-order chi connectivity index (χ0) is 13.8.